The fourth-order valence-electron chi connectivity index (χ4n) is 2.95. The highest BCUT2D eigenvalue weighted by atomic mass is 32.2. The number of hydrogen-bond donors (Lipinski definition) is 0. The second-order valence-corrected chi connectivity index (χ2v) is 7.96. The largest absolute Gasteiger partial charge is 0.495 e. The van der Waals surface area contributed by atoms with Crippen molar-refractivity contribution in [3.8, 4) is 5.75 Å². The summed E-state index contributed by atoms with van der Waals surface area (Å²) in [6.07, 6.45) is 3.99. The molecule has 2 aromatic carbocycles. The summed E-state index contributed by atoms with van der Waals surface area (Å²) in [5, 5.41) is 0. The number of nitrogens with zero attached hydrogens (tertiary/aromatic N) is 2. The van der Waals surface area contributed by atoms with E-state index in [2.05, 4.69) is 4.98 Å². The molecule has 0 N–H and O–H groups in total. The molecular weight excluding hydrogens is 360 g/mol. The number of sulfonamides is 1. The Morgan fingerprint density at radius 3 is 2.44 bits per heavy atom. The summed E-state index contributed by atoms with van der Waals surface area (Å²) in [4.78, 5) is 4.40. The summed E-state index contributed by atoms with van der Waals surface area (Å²) in [6.45, 7) is 2.08. The zero-order valence-corrected chi connectivity index (χ0v) is 16.2. The van der Waals surface area contributed by atoms with Crippen LogP contribution in [0.4, 0.5) is 5.69 Å². The third kappa shape index (κ3) is 4.11. The van der Waals surface area contributed by atoms with Crippen molar-refractivity contribution >= 4 is 15.7 Å². The fraction of sp³-hybridized carbons (Fsp3) is 0.190. The molecule has 27 heavy (non-hydrogen) atoms. The van der Waals surface area contributed by atoms with Crippen molar-refractivity contribution in [2.75, 3.05) is 18.0 Å². The Morgan fingerprint density at radius 1 is 1.00 bits per heavy atom. The average molecular weight is 382 g/mol. The highest BCUT2D eigenvalue weighted by molar-refractivity contribution is 7.92. The van der Waals surface area contributed by atoms with E-state index in [-0.39, 0.29) is 6.54 Å². The molecule has 0 atom stereocenters. The summed E-state index contributed by atoms with van der Waals surface area (Å²) < 4.78 is 33.8. The number of para-hydroxylation sites is 2. The molecular formula is C21H22N2O3S. The lowest BCUT2D eigenvalue weighted by atomic mass is 10.2. The minimum Gasteiger partial charge on any atom is -0.495 e. The van der Waals surface area contributed by atoms with E-state index >= 15 is 0 Å². The second kappa shape index (κ2) is 8.22. The summed E-state index contributed by atoms with van der Waals surface area (Å²) >= 11 is 0. The van der Waals surface area contributed by atoms with Gasteiger partial charge in [-0.05, 0) is 48.7 Å². The van der Waals surface area contributed by atoms with Gasteiger partial charge in [-0.25, -0.2) is 8.42 Å². The predicted molar refractivity (Wildman–Crippen MR) is 107 cm³/mol. The first-order valence-electron chi connectivity index (χ1n) is 8.64. The van der Waals surface area contributed by atoms with E-state index in [9.17, 15) is 8.42 Å². The number of ether oxygens (including phenoxy) is 1. The van der Waals surface area contributed by atoms with E-state index < -0.39 is 10.0 Å². The van der Waals surface area contributed by atoms with Crippen molar-refractivity contribution in [1.29, 1.82) is 0 Å². The third-order valence-electron chi connectivity index (χ3n) is 4.34. The number of anilines is 1. The summed E-state index contributed by atoms with van der Waals surface area (Å²) in [7, 11) is -2.21. The summed E-state index contributed by atoms with van der Waals surface area (Å²) in [5.74, 6) is 0.515. The van der Waals surface area contributed by atoms with Gasteiger partial charge in [0, 0.05) is 18.9 Å². The fourth-order valence-corrected chi connectivity index (χ4v) is 4.65. The molecule has 3 aromatic rings. The Hall–Kier alpha value is -2.86. The number of pyridine rings is 1. The summed E-state index contributed by atoms with van der Waals surface area (Å²) in [6, 6.07) is 17.9. The van der Waals surface area contributed by atoms with Crippen molar-refractivity contribution in [2.24, 2.45) is 0 Å². The van der Waals surface area contributed by atoms with Crippen LogP contribution < -0.4 is 9.04 Å². The Balaban J connectivity index is 2.05. The number of methoxy groups -OCH3 is 1. The first-order chi connectivity index (χ1) is 13.0. The molecule has 5 nitrogen and oxygen atoms in total. The van der Waals surface area contributed by atoms with Gasteiger partial charge in [-0.3, -0.25) is 9.29 Å². The van der Waals surface area contributed by atoms with E-state index in [4.69, 9.17) is 4.74 Å². The van der Waals surface area contributed by atoms with Gasteiger partial charge < -0.3 is 4.74 Å². The van der Waals surface area contributed by atoms with Crippen LogP contribution in [0.15, 0.2) is 78.0 Å². The number of hydrogen-bond acceptors (Lipinski definition) is 4. The van der Waals surface area contributed by atoms with Crippen LogP contribution in [-0.2, 0) is 16.4 Å². The molecule has 0 saturated heterocycles. The highest BCUT2D eigenvalue weighted by Crippen LogP contribution is 2.33. The average Bonchev–Trinajstić information content (AvgIpc) is 2.69. The van der Waals surface area contributed by atoms with Crippen molar-refractivity contribution in [2.45, 2.75) is 18.2 Å². The van der Waals surface area contributed by atoms with E-state index in [1.54, 1.807) is 56.8 Å². The standard InChI is InChI=1S/C21H22N2O3S/c1-17-8-3-6-12-21(17)27(24,25)23(15-13-18-9-7-14-22-16-18)19-10-4-5-11-20(19)26-2/h3-12,14,16H,13,15H2,1-2H3. The van der Waals surface area contributed by atoms with E-state index in [1.165, 1.54) is 4.31 Å². The first-order valence-corrected chi connectivity index (χ1v) is 10.1. The molecule has 3 rings (SSSR count). The SMILES string of the molecule is COc1ccccc1N(CCc1cccnc1)S(=O)(=O)c1ccccc1C. The maximum absolute atomic E-state index is 13.5. The van der Waals surface area contributed by atoms with E-state index in [1.807, 2.05) is 30.3 Å². The molecule has 0 bridgehead atoms. The molecule has 0 aliphatic heterocycles. The second-order valence-electron chi connectivity index (χ2n) is 6.13. The monoisotopic (exact) mass is 382 g/mol. The number of aryl methyl sites for hydroxylation is 1. The van der Waals surface area contributed by atoms with Gasteiger partial charge in [0.1, 0.15) is 5.75 Å². The molecule has 0 fully saturated rings. The Kier molecular flexibility index (Phi) is 5.76. The van der Waals surface area contributed by atoms with Gasteiger partial charge in [0.25, 0.3) is 10.0 Å². The molecule has 0 spiro atoms. The maximum Gasteiger partial charge on any atom is 0.264 e. The Morgan fingerprint density at radius 2 is 1.74 bits per heavy atom. The molecule has 0 unspecified atom stereocenters. The predicted octanol–water partition coefficient (Wildman–Crippen LogP) is 3.84. The van der Waals surface area contributed by atoms with Crippen LogP contribution in [0.3, 0.4) is 0 Å². The van der Waals surface area contributed by atoms with Gasteiger partial charge in [-0.2, -0.15) is 0 Å². The maximum atomic E-state index is 13.5. The van der Waals surface area contributed by atoms with Crippen LogP contribution in [0.1, 0.15) is 11.1 Å². The van der Waals surface area contributed by atoms with Crippen molar-refractivity contribution in [1.82, 2.24) is 4.98 Å². The molecule has 0 aliphatic rings. The lowest BCUT2D eigenvalue weighted by Crippen LogP contribution is -2.33. The normalized spacial score (nSPS) is 11.2. The Labute approximate surface area is 160 Å². The molecule has 0 radical (unpaired) electrons. The van der Waals surface area contributed by atoms with Crippen molar-refractivity contribution in [3.05, 3.63) is 84.2 Å². The molecule has 1 aromatic heterocycles. The van der Waals surface area contributed by atoms with Gasteiger partial charge in [0.05, 0.1) is 17.7 Å². The molecule has 0 amide bonds. The number of benzene rings is 2. The van der Waals surface area contributed by atoms with Crippen LogP contribution >= 0.6 is 0 Å². The lowest BCUT2D eigenvalue weighted by molar-refractivity contribution is 0.415. The van der Waals surface area contributed by atoms with Gasteiger partial charge >= 0.3 is 0 Å². The lowest BCUT2D eigenvalue weighted by Gasteiger charge is -2.26. The third-order valence-corrected chi connectivity index (χ3v) is 6.32. The van der Waals surface area contributed by atoms with E-state index in [0.29, 0.717) is 28.3 Å². The van der Waals surface area contributed by atoms with Gasteiger partial charge in [0.15, 0.2) is 0 Å². The molecule has 0 saturated carbocycles. The number of rotatable bonds is 7. The molecule has 1 heterocycles. The van der Waals surface area contributed by atoms with Gasteiger partial charge in [-0.1, -0.05) is 36.4 Å². The first kappa shape index (κ1) is 18.9. The van der Waals surface area contributed by atoms with E-state index in [0.717, 1.165) is 5.56 Å². The minimum absolute atomic E-state index is 0.280. The molecule has 6 heteroatoms. The molecule has 140 valence electrons. The van der Waals surface area contributed by atoms with Crippen LogP contribution in [-0.4, -0.2) is 27.1 Å². The van der Waals surface area contributed by atoms with Crippen LogP contribution in [0, 0.1) is 6.92 Å². The highest BCUT2D eigenvalue weighted by Gasteiger charge is 2.28. The Bertz CT molecular complexity index is 1000. The summed E-state index contributed by atoms with van der Waals surface area (Å²) in [5.41, 5.74) is 2.20. The van der Waals surface area contributed by atoms with Crippen LogP contribution in [0.25, 0.3) is 0 Å². The zero-order valence-electron chi connectivity index (χ0n) is 15.4. The van der Waals surface area contributed by atoms with Crippen molar-refractivity contribution in [3.63, 3.8) is 0 Å². The van der Waals surface area contributed by atoms with Crippen LogP contribution in [0.5, 0.6) is 5.75 Å². The van der Waals surface area contributed by atoms with Crippen molar-refractivity contribution < 1.29 is 13.2 Å². The zero-order chi connectivity index (χ0) is 19.3. The van der Waals surface area contributed by atoms with Crippen LogP contribution in [0.2, 0.25) is 0 Å². The number of aromatic nitrogens is 1. The molecule has 0 aliphatic carbocycles. The minimum atomic E-state index is -3.75. The van der Waals surface area contributed by atoms with Gasteiger partial charge in [0.2, 0.25) is 0 Å². The van der Waals surface area contributed by atoms with Gasteiger partial charge in [-0.15, -0.1) is 0 Å². The quantitative estimate of drug-likeness (QED) is 0.623. The topological polar surface area (TPSA) is 59.5 Å². The smallest absolute Gasteiger partial charge is 0.264 e.